The van der Waals surface area contributed by atoms with Crippen LogP contribution in [-0.4, -0.2) is 12.2 Å². The zero-order valence-electron chi connectivity index (χ0n) is 31.9. The third-order valence-corrected chi connectivity index (χ3v) is 12.7. The Kier molecular flexibility index (Phi) is 7.40. The van der Waals surface area contributed by atoms with E-state index in [9.17, 15) is 0 Å². The van der Waals surface area contributed by atoms with Crippen LogP contribution in [0.3, 0.4) is 0 Å². The monoisotopic (exact) mass is 745 g/mol. The Morgan fingerprint density at radius 1 is 0.517 bits per heavy atom. The first-order valence-corrected chi connectivity index (χ1v) is 20.4. The number of fused-ring (bicyclic) bond motifs is 12. The molecule has 5 aliphatic rings. The molecule has 0 amide bonds. The van der Waals surface area contributed by atoms with Gasteiger partial charge in [-0.2, -0.15) is 0 Å². The molecule has 7 aromatic carbocycles. The van der Waals surface area contributed by atoms with Crippen LogP contribution in [-0.2, 0) is 5.41 Å². The van der Waals surface area contributed by atoms with Crippen molar-refractivity contribution >= 4 is 16.9 Å². The van der Waals surface area contributed by atoms with Crippen LogP contribution in [0.4, 0.5) is 11.4 Å². The molecule has 1 spiro atoms. The van der Waals surface area contributed by atoms with Gasteiger partial charge in [0.2, 0.25) is 0 Å². The molecule has 0 saturated heterocycles. The Balaban J connectivity index is 0.945. The maximum atomic E-state index is 7.25. The summed E-state index contributed by atoms with van der Waals surface area (Å²) in [5.41, 5.74) is 18.1. The van der Waals surface area contributed by atoms with Crippen LogP contribution in [0.5, 0.6) is 11.5 Å². The predicted octanol–water partition coefficient (Wildman–Crippen LogP) is 13.3. The third-order valence-electron chi connectivity index (χ3n) is 12.7. The molecule has 2 atom stereocenters. The van der Waals surface area contributed by atoms with Crippen molar-refractivity contribution in [3.05, 3.63) is 234 Å². The SMILES string of the molecule is C1=CCCC(N(c2cccc(-c3ccc(-c4ccccc4)cc3)c2)c2ccc3c(c2)OC2C4=C(C=CC2O3)C2(c3ccccc34)c3ccccc3-c3ccccc32)=C1. The minimum absolute atomic E-state index is 0.251. The molecule has 0 radical (unpaired) electrons. The van der Waals surface area contributed by atoms with Crippen LogP contribution in [0, 0.1) is 0 Å². The molecule has 4 aliphatic carbocycles. The van der Waals surface area contributed by atoms with Gasteiger partial charge in [-0.05, 0) is 110 Å². The van der Waals surface area contributed by atoms with Crippen LogP contribution in [0.25, 0.3) is 39.0 Å². The van der Waals surface area contributed by atoms with Crippen LogP contribution >= 0.6 is 0 Å². The van der Waals surface area contributed by atoms with Gasteiger partial charge in [-0.15, -0.1) is 0 Å². The van der Waals surface area contributed by atoms with E-state index in [2.05, 4.69) is 205 Å². The van der Waals surface area contributed by atoms with Crippen molar-refractivity contribution in [2.24, 2.45) is 0 Å². The second-order valence-corrected chi connectivity index (χ2v) is 15.8. The molecule has 0 N–H and O–H groups in total. The number of allylic oxidation sites excluding steroid dienone is 6. The lowest BCUT2D eigenvalue weighted by Crippen LogP contribution is -2.41. The third kappa shape index (κ3) is 4.86. The quantitative estimate of drug-likeness (QED) is 0.175. The molecule has 1 heterocycles. The van der Waals surface area contributed by atoms with Crippen molar-refractivity contribution in [3.8, 4) is 44.9 Å². The first-order valence-electron chi connectivity index (χ1n) is 20.4. The molecule has 2 unspecified atom stereocenters. The van der Waals surface area contributed by atoms with Crippen molar-refractivity contribution in [1.29, 1.82) is 0 Å². The fraction of sp³-hybridized carbons (Fsp3) is 0.0909. The fourth-order valence-corrected chi connectivity index (χ4v) is 10.2. The van der Waals surface area contributed by atoms with Gasteiger partial charge in [0.1, 0.15) is 0 Å². The number of hydrogen-bond acceptors (Lipinski definition) is 3. The Bertz CT molecular complexity index is 2870. The summed E-state index contributed by atoms with van der Waals surface area (Å²) >= 11 is 0. The normalized spacial score (nSPS) is 18.5. The average Bonchev–Trinajstić information content (AvgIpc) is 3.77. The highest BCUT2D eigenvalue weighted by Crippen LogP contribution is 2.64. The number of anilines is 2. The summed E-state index contributed by atoms with van der Waals surface area (Å²) in [6.45, 7) is 0. The molecule has 276 valence electrons. The van der Waals surface area contributed by atoms with E-state index < -0.39 is 5.41 Å². The topological polar surface area (TPSA) is 21.7 Å². The molecule has 3 heteroatoms. The van der Waals surface area contributed by atoms with Gasteiger partial charge in [-0.25, -0.2) is 0 Å². The molecular weight excluding hydrogens is 707 g/mol. The van der Waals surface area contributed by atoms with E-state index in [1.165, 1.54) is 72.5 Å². The summed E-state index contributed by atoms with van der Waals surface area (Å²) in [5.74, 6) is 1.53. The van der Waals surface area contributed by atoms with Gasteiger partial charge in [0, 0.05) is 28.7 Å². The van der Waals surface area contributed by atoms with Crippen LogP contribution in [0.1, 0.15) is 35.1 Å². The summed E-state index contributed by atoms with van der Waals surface area (Å²) in [6, 6.07) is 61.6. The molecule has 58 heavy (non-hydrogen) atoms. The van der Waals surface area contributed by atoms with E-state index in [0.29, 0.717) is 0 Å². The summed E-state index contributed by atoms with van der Waals surface area (Å²) in [7, 11) is 0. The van der Waals surface area contributed by atoms with Crippen molar-refractivity contribution in [2.75, 3.05) is 4.90 Å². The van der Waals surface area contributed by atoms with Gasteiger partial charge in [0.05, 0.1) is 5.41 Å². The first-order chi connectivity index (χ1) is 28.8. The zero-order valence-corrected chi connectivity index (χ0v) is 31.9. The van der Waals surface area contributed by atoms with Crippen molar-refractivity contribution in [1.82, 2.24) is 0 Å². The highest BCUT2D eigenvalue weighted by molar-refractivity contribution is 5.97. The number of ether oxygens (including phenoxy) is 2. The van der Waals surface area contributed by atoms with Crippen LogP contribution in [0.2, 0.25) is 0 Å². The molecule has 3 nitrogen and oxygen atoms in total. The van der Waals surface area contributed by atoms with Crippen molar-refractivity contribution in [3.63, 3.8) is 0 Å². The standard InChI is InChI=1S/C55H39NO2/c1-3-14-36(15-4-1)37-26-28-38(29-27-37)39-16-13-19-41(34-39)56(40-17-5-2-6-18-40)42-30-32-50-52(35-42)58-54-51(57-50)33-31-49-53(54)45-22-9-12-25-48(45)55(49)46-23-10-7-20-43(46)44-21-8-11-24-47(44)55/h1-5,7-17,19-35,51,54H,6,18H2. The lowest BCUT2D eigenvalue weighted by Gasteiger charge is -2.38. The van der Waals surface area contributed by atoms with E-state index >= 15 is 0 Å². The predicted molar refractivity (Wildman–Crippen MR) is 235 cm³/mol. The molecule has 0 saturated carbocycles. The van der Waals surface area contributed by atoms with Crippen LogP contribution < -0.4 is 14.4 Å². The van der Waals surface area contributed by atoms with Gasteiger partial charge in [0.25, 0.3) is 0 Å². The minimum atomic E-state index is -0.420. The number of hydrogen-bond donors (Lipinski definition) is 0. The molecule has 0 aromatic heterocycles. The van der Waals surface area contributed by atoms with E-state index in [0.717, 1.165) is 35.7 Å². The first kappa shape index (κ1) is 33.1. The zero-order chi connectivity index (χ0) is 38.2. The van der Waals surface area contributed by atoms with E-state index in [4.69, 9.17) is 9.47 Å². The summed E-state index contributed by atoms with van der Waals surface area (Å²) < 4.78 is 14.1. The number of rotatable bonds is 5. The van der Waals surface area contributed by atoms with E-state index in [-0.39, 0.29) is 12.2 Å². The highest BCUT2D eigenvalue weighted by atomic mass is 16.6. The van der Waals surface area contributed by atoms with Crippen molar-refractivity contribution < 1.29 is 9.47 Å². The summed E-state index contributed by atoms with van der Waals surface area (Å²) in [4.78, 5) is 2.39. The Morgan fingerprint density at radius 2 is 1.14 bits per heavy atom. The highest BCUT2D eigenvalue weighted by Gasteiger charge is 2.55. The van der Waals surface area contributed by atoms with Gasteiger partial charge in [0.15, 0.2) is 23.7 Å². The molecule has 0 bridgehead atoms. The molecular formula is C55H39NO2. The van der Waals surface area contributed by atoms with Gasteiger partial charge >= 0.3 is 0 Å². The lowest BCUT2D eigenvalue weighted by molar-refractivity contribution is 0.0812. The molecule has 7 aromatic rings. The lowest BCUT2D eigenvalue weighted by atomic mass is 9.69. The summed E-state index contributed by atoms with van der Waals surface area (Å²) in [5, 5.41) is 0. The second kappa shape index (κ2) is 13.0. The van der Waals surface area contributed by atoms with Crippen molar-refractivity contribution in [2.45, 2.75) is 30.5 Å². The van der Waals surface area contributed by atoms with Gasteiger partial charge < -0.3 is 14.4 Å². The van der Waals surface area contributed by atoms with E-state index in [1.807, 2.05) is 0 Å². The smallest absolute Gasteiger partial charge is 0.165 e. The second-order valence-electron chi connectivity index (χ2n) is 15.8. The maximum Gasteiger partial charge on any atom is 0.165 e. The van der Waals surface area contributed by atoms with Gasteiger partial charge in [-0.3, -0.25) is 0 Å². The Morgan fingerprint density at radius 3 is 1.86 bits per heavy atom. The number of nitrogens with zero attached hydrogens (tertiary/aromatic N) is 1. The fourth-order valence-electron chi connectivity index (χ4n) is 10.2. The van der Waals surface area contributed by atoms with Crippen LogP contribution in [0.15, 0.2) is 212 Å². The molecule has 12 rings (SSSR count). The van der Waals surface area contributed by atoms with E-state index in [1.54, 1.807) is 0 Å². The average molecular weight is 746 g/mol. The molecule has 0 fully saturated rings. The minimum Gasteiger partial charge on any atom is -0.478 e. The number of benzene rings is 7. The Hall–Kier alpha value is -7.10. The largest absolute Gasteiger partial charge is 0.478 e. The summed E-state index contributed by atoms with van der Waals surface area (Å²) in [6.07, 6.45) is 12.6. The Labute approximate surface area is 339 Å². The van der Waals surface area contributed by atoms with Gasteiger partial charge in [-0.1, -0.05) is 158 Å². The molecule has 1 aliphatic heterocycles. The maximum absolute atomic E-state index is 7.25.